The second-order valence-electron chi connectivity index (χ2n) is 3.70. The molecule has 1 N–H and O–H groups in total. The summed E-state index contributed by atoms with van der Waals surface area (Å²) < 4.78 is 7.69. The summed E-state index contributed by atoms with van der Waals surface area (Å²) in [6.07, 6.45) is 1.81. The summed E-state index contributed by atoms with van der Waals surface area (Å²) in [7, 11) is 0. The van der Waals surface area contributed by atoms with Gasteiger partial charge in [0, 0.05) is 6.42 Å². The Morgan fingerprint density at radius 3 is 2.89 bits per heavy atom. The Bertz CT molecular complexity index is 512. The lowest BCUT2D eigenvalue weighted by Gasteiger charge is -1.97. The number of hydrogen-bond donors (Lipinski definition) is 1. The van der Waals surface area contributed by atoms with Crippen LogP contribution in [-0.4, -0.2) is 23.3 Å². The van der Waals surface area contributed by atoms with Gasteiger partial charge in [-0.3, -0.25) is 0 Å². The number of hydrogen-bond acceptors (Lipinski definition) is 5. The molecule has 0 saturated carbocycles. The summed E-state index contributed by atoms with van der Waals surface area (Å²) in [4.78, 5) is 0. The highest BCUT2D eigenvalue weighted by atomic mass is 79.9. The molecule has 7 heteroatoms. The van der Waals surface area contributed by atoms with Crippen LogP contribution < -0.4 is 5.32 Å². The molecule has 2 aromatic heterocycles. The van der Waals surface area contributed by atoms with Gasteiger partial charge in [0.15, 0.2) is 0 Å². The Morgan fingerprint density at radius 2 is 2.22 bits per heavy atom. The van der Waals surface area contributed by atoms with E-state index in [1.54, 1.807) is 11.3 Å². The Hall–Kier alpha value is -0.240. The van der Waals surface area contributed by atoms with Crippen molar-refractivity contribution >= 4 is 43.2 Å². The lowest BCUT2D eigenvalue weighted by Crippen LogP contribution is -2.14. The predicted molar refractivity (Wildman–Crippen MR) is 79.9 cm³/mol. The summed E-state index contributed by atoms with van der Waals surface area (Å²) in [6, 6.07) is 1.98. The summed E-state index contributed by atoms with van der Waals surface area (Å²) in [5.41, 5.74) is 0.942. The number of nitrogens with zero attached hydrogens (tertiary/aromatic N) is 2. The molecule has 0 aliphatic carbocycles. The van der Waals surface area contributed by atoms with Crippen LogP contribution in [0.3, 0.4) is 0 Å². The summed E-state index contributed by atoms with van der Waals surface area (Å²) >= 11 is 8.52. The van der Waals surface area contributed by atoms with Crippen LogP contribution in [0.25, 0.3) is 11.5 Å². The van der Waals surface area contributed by atoms with Crippen molar-refractivity contribution in [2.75, 3.05) is 13.1 Å². The van der Waals surface area contributed by atoms with E-state index in [0.717, 1.165) is 39.1 Å². The maximum Gasteiger partial charge on any atom is 0.249 e. The molecule has 2 heterocycles. The van der Waals surface area contributed by atoms with E-state index in [1.165, 1.54) is 0 Å². The van der Waals surface area contributed by atoms with Crippen molar-refractivity contribution in [2.24, 2.45) is 0 Å². The smallest absolute Gasteiger partial charge is 0.249 e. The van der Waals surface area contributed by atoms with Gasteiger partial charge in [-0.1, -0.05) is 6.92 Å². The second kappa shape index (κ2) is 6.79. The third-order valence-electron chi connectivity index (χ3n) is 2.35. The highest BCUT2D eigenvalue weighted by Gasteiger charge is 2.14. The molecule has 18 heavy (non-hydrogen) atoms. The van der Waals surface area contributed by atoms with Crippen molar-refractivity contribution in [1.82, 2.24) is 15.5 Å². The topological polar surface area (TPSA) is 51.0 Å². The number of rotatable bonds is 6. The Kier molecular flexibility index (Phi) is 5.35. The lowest BCUT2D eigenvalue weighted by molar-refractivity contribution is 0.492. The highest BCUT2D eigenvalue weighted by molar-refractivity contribution is 9.12. The van der Waals surface area contributed by atoms with Gasteiger partial charge in [0.25, 0.3) is 0 Å². The first-order valence-electron chi connectivity index (χ1n) is 5.69. The SMILES string of the molecule is CCNCCCc1nnc(-c2cc(Br)sc2Br)o1. The minimum Gasteiger partial charge on any atom is -0.421 e. The molecule has 0 aliphatic heterocycles. The van der Waals surface area contributed by atoms with Crippen LogP contribution in [0.5, 0.6) is 0 Å². The van der Waals surface area contributed by atoms with Crippen LogP contribution in [0.4, 0.5) is 0 Å². The van der Waals surface area contributed by atoms with Crippen molar-refractivity contribution in [2.45, 2.75) is 19.8 Å². The molecular formula is C11H13Br2N3OS. The molecule has 98 valence electrons. The largest absolute Gasteiger partial charge is 0.421 e. The molecule has 0 radical (unpaired) electrons. The molecule has 0 aromatic carbocycles. The molecule has 0 bridgehead atoms. The number of aryl methyl sites for hydroxylation is 1. The van der Waals surface area contributed by atoms with Crippen molar-refractivity contribution in [3.63, 3.8) is 0 Å². The molecule has 0 saturated heterocycles. The molecule has 2 aromatic rings. The standard InChI is InChI=1S/C11H13Br2N3OS/c1-2-14-5-3-4-9-15-16-11(17-9)7-6-8(12)18-10(7)13/h6,14H,2-5H2,1H3. The van der Waals surface area contributed by atoms with Gasteiger partial charge < -0.3 is 9.73 Å². The molecule has 0 amide bonds. The highest BCUT2D eigenvalue weighted by Crippen LogP contribution is 2.37. The first-order chi connectivity index (χ1) is 8.70. The molecule has 0 spiro atoms. The summed E-state index contributed by atoms with van der Waals surface area (Å²) in [6.45, 7) is 4.06. The van der Waals surface area contributed by atoms with Crippen molar-refractivity contribution in [3.8, 4) is 11.5 Å². The van der Waals surface area contributed by atoms with Crippen LogP contribution in [0, 0.1) is 0 Å². The monoisotopic (exact) mass is 393 g/mol. The van der Waals surface area contributed by atoms with Gasteiger partial charge in [0.1, 0.15) is 0 Å². The van der Waals surface area contributed by atoms with Gasteiger partial charge in [-0.2, -0.15) is 0 Å². The van der Waals surface area contributed by atoms with Gasteiger partial charge in [0.2, 0.25) is 11.8 Å². The van der Waals surface area contributed by atoms with E-state index in [2.05, 4.69) is 54.3 Å². The fraction of sp³-hybridized carbons (Fsp3) is 0.455. The number of aromatic nitrogens is 2. The third-order valence-corrected chi connectivity index (χ3v) is 4.69. The van der Waals surface area contributed by atoms with Gasteiger partial charge in [-0.15, -0.1) is 21.5 Å². The first-order valence-corrected chi connectivity index (χ1v) is 8.09. The van der Waals surface area contributed by atoms with Crippen LogP contribution in [0.15, 0.2) is 18.1 Å². The lowest BCUT2D eigenvalue weighted by atomic mass is 10.3. The van der Waals surface area contributed by atoms with Crippen LogP contribution in [-0.2, 0) is 6.42 Å². The van der Waals surface area contributed by atoms with Gasteiger partial charge in [-0.25, -0.2) is 0 Å². The van der Waals surface area contributed by atoms with E-state index in [-0.39, 0.29) is 0 Å². The van der Waals surface area contributed by atoms with E-state index in [4.69, 9.17) is 4.42 Å². The average molecular weight is 395 g/mol. The Labute approximate surface area is 126 Å². The quantitative estimate of drug-likeness (QED) is 0.755. The van der Waals surface area contributed by atoms with Crippen molar-refractivity contribution < 1.29 is 4.42 Å². The van der Waals surface area contributed by atoms with Gasteiger partial charge >= 0.3 is 0 Å². The van der Waals surface area contributed by atoms with Crippen LogP contribution >= 0.6 is 43.2 Å². The number of halogens is 2. The predicted octanol–water partition coefficient (Wildman–Crippen LogP) is 3.87. The number of nitrogens with one attached hydrogen (secondary N) is 1. The average Bonchev–Trinajstić information content (AvgIpc) is 2.91. The van der Waals surface area contributed by atoms with Gasteiger partial charge in [0.05, 0.1) is 13.1 Å². The second-order valence-corrected chi connectivity index (χ2v) is 7.45. The minimum atomic E-state index is 0.572. The van der Waals surface area contributed by atoms with E-state index < -0.39 is 0 Å². The maximum atomic E-state index is 5.65. The van der Waals surface area contributed by atoms with Crippen LogP contribution in [0.2, 0.25) is 0 Å². The van der Waals surface area contributed by atoms with E-state index in [9.17, 15) is 0 Å². The first kappa shape index (κ1) is 14.2. The Balaban J connectivity index is 1.99. The van der Waals surface area contributed by atoms with E-state index >= 15 is 0 Å². The summed E-state index contributed by atoms with van der Waals surface area (Å²) in [5, 5.41) is 11.4. The summed E-state index contributed by atoms with van der Waals surface area (Å²) in [5.74, 6) is 1.26. The molecule has 0 aliphatic rings. The van der Waals surface area contributed by atoms with Crippen molar-refractivity contribution in [3.05, 3.63) is 19.5 Å². The van der Waals surface area contributed by atoms with Gasteiger partial charge in [-0.05, 0) is 57.4 Å². The maximum absolute atomic E-state index is 5.65. The fourth-order valence-corrected chi connectivity index (χ4v) is 4.27. The minimum absolute atomic E-state index is 0.572. The van der Waals surface area contributed by atoms with Crippen LogP contribution in [0.1, 0.15) is 19.2 Å². The van der Waals surface area contributed by atoms with E-state index in [1.807, 2.05) is 6.07 Å². The van der Waals surface area contributed by atoms with Crippen molar-refractivity contribution in [1.29, 1.82) is 0 Å². The zero-order valence-corrected chi connectivity index (χ0v) is 13.9. The molecular weight excluding hydrogens is 382 g/mol. The molecule has 0 fully saturated rings. The molecule has 0 atom stereocenters. The molecule has 2 rings (SSSR count). The third kappa shape index (κ3) is 3.63. The van der Waals surface area contributed by atoms with E-state index in [0.29, 0.717) is 11.8 Å². The normalized spacial score (nSPS) is 11.1. The molecule has 0 unspecified atom stereocenters. The number of thiophene rings is 1. The molecule has 4 nitrogen and oxygen atoms in total. The Morgan fingerprint density at radius 1 is 1.39 bits per heavy atom. The fourth-order valence-electron chi connectivity index (χ4n) is 1.49. The zero-order chi connectivity index (χ0) is 13.0. The zero-order valence-electron chi connectivity index (χ0n) is 9.87.